The van der Waals surface area contributed by atoms with Crippen molar-refractivity contribution in [1.82, 2.24) is 20.4 Å². The molecular weight excluding hydrogens is 266 g/mol. The maximum absolute atomic E-state index is 11.7. The first kappa shape index (κ1) is 13.5. The van der Waals surface area contributed by atoms with Gasteiger partial charge in [-0.2, -0.15) is 0 Å². The van der Waals surface area contributed by atoms with Gasteiger partial charge in [0.05, 0.1) is 12.3 Å². The van der Waals surface area contributed by atoms with Gasteiger partial charge in [-0.25, -0.2) is 4.79 Å². The number of anilines is 1. The summed E-state index contributed by atoms with van der Waals surface area (Å²) in [5.74, 6) is 0.807. The summed E-state index contributed by atoms with van der Waals surface area (Å²) >= 11 is 1.27. The molecule has 0 aliphatic rings. The van der Waals surface area contributed by atoms with Gasteiger partial charge in [0.15, 0.2) is 0 Å². The van der Waals surface area contributed by atoms with Crippen LogP contribution in [0, 0.1) is 0 Å². The molecule has 0 spiro atoms. The minimum atomic E-state index is -0.310. The molecule has 0 saturated carbocycles. The third kappa shape index (κ3) is 3.76. The number of carbonyl (C=O) groups is 1. The average molecular weight is 281 g/mol. The molecule has 0 radical (unpaired) electrons. The summed E-state index contributed by atoms with van der Waals surface area (Å²) < 4.78 is 5.36. The molecule has 2 aromatic heterocycles. The fourth-order valence-electron chi connectivity index (χ4n) is 1.58. The summed E-state index contributed by atoms with van der Waals surface area (Å²) in [5, 5.41) is 13.2. The summed E-state index contributed by atoms with van der Waals surface area (Å²) in [5.41, 5.74) is 1.56. The number of rotatable bonds is 5. The molecule has 7 nitrogen and oxygen atoms in total. The van der Waals surface area contributed by atoms with E-state index in [0.29, 0.717) is 11.7 Å². The second-order valence-electron chi connectivity index (χ2n) is 4.07. The molecule has 8 heteroatoms. The Labute approximate surface area is 114 Å². The van der Waals surface area contributed by atoms with Gasteiger partial charge in [0.2, 0.25) is 5.13 Å². The highest BCUT2D eigenvalue weighted by atomic mass is 32.1. The van der Waals surface area contributed by atoms with E-state index >= 15 is 0 Å². The van der Waals surface area contributed by atoms with Crippen LogP contribution in [0.4, 0.5) is 9.93 Å². The maximum atomic E-state index is 11.7. The van der Waals surface area contributed by atoms with Gasteiger partial charge in [-0.1, -0.05) is 11.3 Å². The highest BCUT2D eigenvalue weighted by molar-refractivity contribution is 7.13. The number of nitrogens with one attached hydrogen (secondary N) is 2. The summed E-state index contributed by atoms with van der Waals surface area (Å²) in [6.07, 6.45) is 1.62. The van der Waals surface area contributed by atoms with E-state index in [1.807, 2.05) is 31.1 Å². The number of furan rings is 1. The number of amides is 2. The summed E-state index contributed by atoms with van der Waals surface area (Å²) in [6.45, 7) is 0.436. The maximum Gasteiger partial charge on any atom is 0.321 e. The molecule has 0 aliphatic carbocycles. The molecule has 0 bridgehead atoms. The van der Waals surface area contributed by atoms with Gasteiger partial charge in [-0.05, 0) is 26.2 Å². The van der Waals surface area contributed by atoms with Crippen LogP contribution in [0.15, 0.2) is 28.3 Å². The molecule has 2 amide bonds. The average Bonchev–Trinajstić information content (AvgIpc) is 3.01. The predicted octanol–water partition coefficient (Wildman–Crippen LogP) is 1.56. The Morgan fingerprint density at radius 2 is 2.42 bits per heavy atom. The van der Waals surface area contributed by atoms with Crippen LogP contribution in [0.2, 0.25) is 0 Å². The van der Waals surface area contributed by atoms with Crippen molar-refractivity contribution < 1.29 is 9.21 Å². The van der Waals surface area contributed by atoms with Crippen molar-refractivity contribution >= 4 is 22.5 Å². The second-order valence-corrected chi connectivity index (χ2v) is 4.91. The Balaban J connectivity index is 1.87. The lowest BCUT2D eigenvalue weighted by Crippen LogP contribution is -2.36. The van der Waals surface area contributed by atoms with Crippen LogP contribution in [0.3, 0.4) is 0 Å². The van der Waals surface area contributed by atoms with Crippen LogP contribution in [-0.2, 0) is 0 Å². The standard InChI is InChI=1S/C11H15N5O2S/c1-16(2)8(9-4-3-5-18-9)6-12-10(17)14-11-15-13-7-19-11/h3-5,7-8H,6H2,1-2H3,(H2,12,14,15,17)/t8-/m1/s1. The van der Waals surface area contributed by atoms with Gasteiger partial charge >= 0.3 is 6.03 Å². The molecule has 2 N–H and O–H groups in total. The lowest BCUT2D eigenvalue weighted by atomic mass is 10.2. The number of hydrogen-bond donors (Lipinski definition) is 2. The van der Waals surface area contributed by atoms with Crippen molar-refractivity contribution in [2.75, 3.05) is 26.0 Å². The summed E-state index contributed by atoms with van der Waals surface area (Å²) in [7, 11) is 3.86. The Bertz CT molecular complexity index is 497. The molecule has 0 aliphatic heterocycles. The smallest absolute Gasteiger partial charge is 0.321 e. The van der Waals surface area contributed by atoms with E-state index in [0.717, 1.165) is 5.76 Å². The summed E-state index contributed by atoms with van der Waals surface area (Å²) in [4.78, 5) is 13.7. The van der Waals surface area contributed by atoms with Gasteiger partial charge in [-0.15, -0.1) is 10.2 Å². The quantitative estimate of drug-likeness (QED) is 0.869. The van der Waals surface area contributed by atoms with E-state index in [1.54, 1.807) is 11.8 Å². The first-order valence-corrected chi connectivity index (χ1v) is 6.55. The van der Waals surface area contributed by atoms with Crippen LogP contribution in [0.25, 0.3) is 0 Å². The minimum absolute atomic E-state index is 0.0184. The number of nitrogens with zero attached hydrogens (tertiary/aromatic N) is 3. The number of hydrogen-bond acceptors (Lipinski definition) is 6. The number of urea groups is 1. The lowest BCUT2D eigenvalue weighted by molar-refractivity contribution is 0.233. The van der Waals surface area contributed by atoms with Crippen molar-refractivity contribution in [1.29, 1.82) is 0 Å². The molecule has 0 aromatic carbocycles. The second kappa shape index (κ2) is 6.30. The van der Waals surface area contributed by atoms with Gasteiger partial charge in [-0.3, -0.25) is 10.2 Å². The van der Waals surface area contributed by atoms with E-state index in [-0.39, 0.29) is 12.1 Å². The van der Waals surface area contributed by atoms with Crippen molar-refractivity contribution in [3.8, 4) is 0 Å². The molecule has 2 aromatic rings. The van der Waals surface area contributed by atoms with Gasteiger partial charge in [0, 0.05) is 6.54 Å². The third-order valence-corrected chi connectivity index (χ3v) is 3.14. The SMILES string of the molecule is CN(C)[C@H](CNC(=O)Nc1nncs1)c1ccco1. The zero-order valence-corrected chi connectivity index (χ0v) is 11.5. The van der Waals surface area contributed by atoms with Crippen LogP contribution >= 0.6 is 11.3 Å². The third-order valence-electron chi connectivity index (χ3n) is 2.53. The lowest BCUT2D eigenvalue weighted by Gasteiger charge is -2.22. The molecule has 2 rings (SSSR count). The highest BCUT2D eigenvalue weighted by Gasteiger charge is 2.17. The van der Waals surface area contributed by atoms with Gasteiger partial charge < -0.3 is 9.73 Å². The highest BCUT2D eigenvalue weighted by Crippen LogP contribution is 2.17. The largest absolute Gasteiger partial charge is 0.468 e. The zero-order valence-electron chi connectivity index (χ0n) is 10.7. The molecule has 0 unspecified atom stereocenters. The normalized spacial score (nSPS) is 12.4. The Hall–Kier alpha value is -1.93. The fraction of sp³-hybridized carbons (Fsp3) is 0.364. The van der Waals surface area contributed by atoms with Gasteiger partial charge in [0.25, 0.3) is 0 Å². The molecule has 0 saturated heterocycles. The molecular formula is C11H15N5O2S. The molecule has 2 heterocycles. The van der Waals surface area contributed by atoms with Crippen molar-refractivity contribution in [3.05, 3.63) is 29.7 Å². The first-order valence-electron chi connectivity index (χ1n) is 5.67. The van der Waals surface area contributed by atoms with Crippen LogP contribution in [-0.4, -0.2) is 41.8 Å². The number of likely N-dealkylation sites (N-methyl/N-ethyl adjacent to an activating group) is 1. The van der Waals surface area contributed by atoms with Crippen molar-refractivity contribution in [3.63, 3.8) is 0 Å². The van der Waals surface area contributed by atoms with E-state index in [1.165, 1.54) is 11.3 Å². The predicted molar refractivity (Wildman–Crippen MR) is 72.1 cm³/mol. The van der Waals surface area contributed by atoms with Crippen LogP contribution in [0.1, 0.15) is 11.8 Å². The van der Waals surface area contributed by atoms with Crippen molar-refractivity contribution in [2.24, 2.45) is 0 Å². The Kier molecular flexibility index (Phi) is 4.48. The zero-order chi connectivity index (χ0) is 13.7. The van der Waals surface area contributed by atoms with E-state index < -0.39 is 0 Å². The van der Waals surface area contributed by atoms with E-state index in [2.05, 4.69) is 20.8 Å². The topological polar surface area (TPSA) is 83.3 Å². The van der Waals surface area contributed by atoms with Crippen LogP contribution in [0.5, 0.6) is 0 Å². The molecule has 102 valence electrons. The first-order chi connectivity index (χ1) is 9.16. The molecule has 1 atom stereocenters. The minimum Gasteiger partial charge on any atom is -0.468 e. The molecule has 0 fully saturated rings. The molecule has 19 heavy (non-hydrogen) atoms. The Morgan fingerprint density at radius 3 is 3.00 bits per heavy atom. The van der Waals surface area contributed by atoms with Crippen LogP contribution < -0.4 is 10.6 Å². The monoisotopic (exact) mass is 281 g/mol. The fourth-order valence-corrected chi connectivity index (χ4v) is 2.02. The number of carbonyl (C=O) groups excluding carboxylic acids is 1. The number of aromatic nitrogens is 2. The van der Waals surface area contributed by atoms with Gasteiger partial charge in [0.1, 0.15) is 11.3 Å². The summed E-state index contributed by atoms with van der Waals surface area (Å²) in [6, 6.07) is 3.38. The Morgan fingerprint density at radius 1 is 1.58 bits per heavy atom. The van der Waals surface area contributed by atoms with E-state index in [9.17, 15) is 4.79 Å². The van der Waals surface area contributed by atoms with Crippen molar-refractivity contribution in [2.45, 2.75) is 6.04 Å². The van der Waals surface area contributed by atoms with E-state index in [4.69, 9.17) is 4.42 Å².